The minimum Gasteiger partial charge on any atom is -0.465 e. The maximum absolute atomic E-state index is 14.4. The van der Waals surface area contributed by atoms with Crippen LogP contribution in [0.1, 0.15) is 88.9 Å². The minimum absolute atomic E-state index is 0.104. The average Bonchev–Trinajstić information content (AvgIpc) is 3.48. The van der Waals surface area contributed by atoms with E-state index < -0.39 is 41.6 Å². The Kier molecular flexibility index (Phi) is 15.4. The van der Waals surface area contributed by atoms with Crippen LogP contribution in [0.2, 0.25) is 0 Å². The van der Waals surface area contributed by atoms with Gasteiger partial charge < -0.3 is 30.6 Å². The van der Waals surface area contributed by atoms with Gasteiger partial charge in [-0.05, 0) is 59.4 Å². The molecular formula is C43H61N7O6. The number of urea groups is 1. The summed E-state index contributed by atoms with van der Waals surface area (Å²) in [6.07, 6.45) is -1.62. The van der Waals surface area contributed by atoms with Gasteiger partial charge in [0, 0.05) is 31.9 Å². The molecular weight excluding hydrogens is 711 g/mol. The first-order chi connectivity index (χ1) is 26.5. The quantitative estimate of drug-likeness (QED) is 0.106. The molecule has 2 aromatic carbocycles. The Hall–Kier alpha value is -5.01. The fraction of sp³-hybridized carbons (Fsp3) is 0.512. The molecule has 4 rings (SSSR count). The summed E-state index contributed by atoms with van der Waals surface area (Å²) in [5.41, 5.74) is 6.64. The van der Waals surface area contributed by atoms with Gasteiger partial charge in [-0.2, -0.15) is 0 Å². The predicted octanol–water partition coefficient (Wildman–Crippen LogP) is 5.47. The van der Waals surface area contributed by atoms with E-state index in [4.69, 9.17) is 0 Å². The molecule has 2 heterocycles. The van der Waals surface area contributed by atoms with E-state index >= 15 is 0 Å². The van der Waals surface area contributed by atoms with E-state index in [1.807, 2.05) is 93.6 Å². The number of rotatable bonds is 18. The summed E-state index contributed by atoms with van der Waals surface area (Å²) < 4.78 is 0. The number of carbonyl (C=O) groups excluding carboxylic acids is 3. The predicted molar refractivity (Wildman–Crippen MR) is 216 cm³/mol. The van der Waals surface area contributed by atoms with E-state index in [0.29, 0.717) is 32.0 Å². The molecule has 1 aliphatic heterocycles. The fourth-order valence-corrected chi connectivity index (χ4v) is 6.99. The highest BCUT2D eigenvalue weighted by Gasteiger charge is 2.41. The molecule has 0 bridgehead atoms. The summed E-state index contributed by atoms with van der Waals surface area (Å²) in [4.78, 5) is 61.6. The first-order valence-corrected chi connectivity index (χ1v) is 19.6. The van der Waals surface area contributed by atoms with Crippen molar-refractivity contribution in [2.75, 3.05) is 19.6 Å². The molecule has 1 aliphatic rings. The van der Waals surface area contributed by atoms with Gasteiger partial charge in [0.05, 0.1) is 24.4 Å². The molecule has 5 N–H and O–H groups in total. The molecule has 56 heavy (non-hydrogen) atoms. The lowest BCUT2D eigenvalue weighted by Gasteiger charge is -2.36. The van der Waals surface area contributed by atoms with Crippen molar-refractivity contribution in [3.05, 3.63) is 101 Å². The van der Waals surface area contributed by atoms with E-state index in [2.05, 4.69) is 34.9 Å². The highest BCUT2D eigenvalue weighted by atomic mass is 16.4. The molecule has 0 aliphatic carbocycles. The van der Waals surface area contributed by atoms with Crippen LogP contribution in [0.3, 0.4) is 0 Å². The molecule has 5 atom stereocenters. The highest BCUT2D eigenvalue weighted by Crippen LogP contribution is 2.24. The van der Waals surface area contributed by atoms with Crippen LogP contribution < -0.4 is 16.1 Å². The maximum atomic E-state index is 14.4. The van der Waals surface area contributed by atoms with Gasteiger partial charge in [0.25, 0.3) is 5.91 Å². The number of aliphatic hydroxyl groups is 1. The van der Waals surface area contributed by atoms with Crippen molar-refractivity contribution in [3.8, 4) is 0 Å². The Morgan fingerprint density at radius 3 is 2.16 bits per heavy atom. The second-order valence-electron chi connectivity index (χ2n) is 16.4. The normalized spacial score (nSPS) is 16.0. The van der Waals surface area contributed by atoms with E-state index in [9.17, 15) is 29.4 Å². The molecule has 13 nitrogen and oxygen atoms in total. The lowest BCUT2D eigenvalue weighted by atomic mass is 9.86. The average molecular weight is 772 g/mol. The van der Waals surface area contributed by atoms with Crippen LogP contribution in [0.15, 0.2) is 72.8 Å². The Labute approximate surface area is 331 Å². The lowest BCUT2D eigenvalue weighted by Crippen LogP contribution is -2.60. The molecule has 0 spiro atoms. The van der Waals surface area contributed by atoms with E-state index in [1.54, 1.807) is 35.6 Å². The van der Waals surface area contributed by atoms with Crippen LogP contribution in [0.5, 0.6) is 0 Å². The summed E-state index contributed by atoms with van der Waals surface area (Å²) in [5.74, 6) is -0.820. The minimum atomic E-state index is -1.33. The summed E-state index contributed by atoms with van der Waals surface area (Å²) in [5, 5.41) is 28.6. The van der Waals surface area contributed by atoms with Crippen LogP contribution in [0.4, 0.5) is 9.59 Å². The summed E-state index contributed by atoms with van der Waals surface area (Å²) >= 11 is 0. The second kappa shape index (κ2) is 19.7. The largest absolute Gasteiger partial charge is 0.465 e. The smallest absolute Gasteiger partial charge is 0.405 e. The third-order valence-corrected chi connectivity index (χ3v) is 10.4. The van der Waals surface area contributed by atoms with Crippen molar-refractivity contribution in [2.45, 2.75) is 111 Å². The van der Waals surface area contributed by atoms with Crippen LogP contribution in [-0.4, -0.2) is 97.8 Å². The highest BCUT2D eigenvalue weighted by molar-refractivity contribution is 5.88. The van der Waals surface area contributed by atoms with Gasteiger partial charge in [-0.15, -0.1) is 0 Å². The van der Waals surface area contributed by atoms with Crippen LogP contribution in [-0.2, 0) is 29.1 Å². The first-order valence-electron chi connectivity index (χ1n) is 19.6. The van der Waals surface area contributed by atoms with Gasteiger partial charge in [0.2, 0.25) is 5.91 Å². The zero-order valence-electron chi connectivity index (χ0n) is 34.2. The zero-order valence-corrected chi connectivity index (χ0v) is 34.2. The Bertz CT molecular complexity index is 1760. The number of hydrogen-bond donors (Lipinski definition) is 5. The van der Waals surface area contributed by atoms with Gasteiger partial charge >= 0.3 is 12.1 Å². The molecule has 1 saturated heterocycles. The third-order valence-electron chi connectivity index (χ3n) is 10.4. The fourth-order valence-electron chi connectivity index (χ4n) is 6.99. The van der Waals surface area contributed by atoms with Crippen LogP contribution in [0.25, 0.3) is 0 Å². The van der Waals surface area contributed by atoms with E-state index in [-0.39, 0.29) is 37.4 Å². The van der Waals surface area contributed by atoms with Gasteiger partial charge in [0.15, 0.2) is 0 Å². The third kappa shape index (κ3) is 12.2. The molecule has 304 valence electrons. The number of amides is 5. The molecule has 0 unspecified atom stereocenters. The molecule has 13 heteroatoms. The Morgan fingerprint density at radius 1 is 0.893 bits per heavy atom. The van der Waals surface area contributed by atoms with Gasteiger partial charge in [0.1, 0.15) is 12.1 Å². The number of aryl methyl sites for hydroxylation is 1. The molecule has 0 saturated carbocycles. The number of benzene rings is 2. The number of aromatic nitrogens is 1. The maximum Gasteiger partial charge on any atom is 0.405 e. The van der Waals surface area contributed by atoms with Crippen molar-refractivity contribution in [3.63, 3.8) is 0 Å². The van der Waals surface area contributed by atoms with E-state index in [1.165, 1.54) is 0 Å². The number of pyridine rings is 1. The summed E-state index contributed by atoms with van der Waals surface area (Å²) in [6, 6.07) is 20.2. The lowest BCUT2D eigenvalue weighted by molar-refractivity contribution is -0.132. The Morgan fingerprint density at radius 2 is 1.57 bits per heavy atom. The zero-order chi connectivity index (χ0) is 41.2. The van der Waals surface area contributed by atoms with Crippen molar-refractivity contribution in [2.24, 2.45) is 11.3 Å². The molecule has 1 fully saturated rings. The summed E-state index contributed by atoms with van der Waals surface area (Å²) in [7, 11) is 0. The van der Waals surface area contributed by atoms with Gasteiger partial charge in [-0.3, -0.25) is 20.0 Å². The molecule has 0 radical (unpaired) electrons. The molecule has 3 aromatic rings. The van der Waals surface area contributed by atoms with Crippen molar-refractivity contribution >= 4 is 23.9 Å². The molecule has 5 amide bonds. The van der Waals surface area contributed by atoms with Crippen LogP contribution in [0, 0.1) is 18.3 Å². The van der Waals surface area contributed by atoms with Crippen molar-refractivity contribution in [1.29, 1.82) is 0 Å². The second-order valence-corrected chi connectivity index (χ2v) is 16.4. The first kappa shape index (κ1) is 43.7. The number of aliphatic hydroxyl groups excluding tert-OH is 1. The topological polar surface area (TPSA) is 167 Å². The van der Waals surface area contributed by atoms with Gasteiger partial charge in [-0.25, -0.2) is 14.6 Å². The van der Waals surface area contributed by atoms with Crippen molar-refractivity contribution < 1.29 is 29.4 Å². The van der Waals surface area contributed by atoms with Crippen LogP contribution >= 0.6 is 0 Å². The Balaban J connectivity index is 1.61. The number of nitrogens with zero attached hydrogens (tertiary/aromatic N) is 4. The SMILES string of the molecule is CC[C@H](C)[C@@H](C(=O)N[C@@H](Cc1ccccc1)[C@@H](O)CN(Cc1ccc(C(C)C)cc1)NC(=O)[C@@H](NC(=O)O)C(C)(C)C)N1CCN(Cc2cccc(C)n2)C1=O. The summed E-state index contributed by atoms with van der Waals surface area (Å²) in [6.45, 7) is 16.6. The number of carboxylic acid groups (broad SMARTS) is 1. The number of nitrogens with one attached hydrogen (secondary N) is 3. The van der Waals surface area contributed by atoms with Gasteiger partial charge in [-0.1, -0.05) is 116 Å². The monoisotopic (exact) mass is 771 g/mol. The molecule has 1 aromatic heterocycles. The van der Waals surface area contributed by atoms with E-state index in [0.717, 1.165) is 28.1 Å². The number of hydrogen-bond acceptors (Lipinski definition) is 7. The number of carbonyl (C=O) groups is 4. The van der Waals surface area contributed by atoms with Crippen molar-refractivity contribution in [1.82, 2.24) is 35.9 Å². The number of hydrazine groups is 1. The standard InChI is InChI=1S/C43H61N7O6/c1-9-29(4)37(50-23-22-48(42(50)56)26-34-17-13-14-30(5)44-34)39(52)45-35(24-31-15-11-10-12-16-31)36(51)27-49(25-32-18-20-33(21-19-32)28(2)3)47-40(53)38(43(6,7)8)46-41(54)55/h10-21,28-29,35-38,46,51H,9,22-27H2,1-8H3,(H,45,52)(H,47,53)(H,54,55)/t29-,35-,36-,37-,38+/m0/s1.